The summed E-state index contributed by atoms with van der Waals surface area (Å²) < 4.78 is 10.7. The molecule has 17 heavy (non-hydrogen) atoms. The van der Waals surface area contributed by atoms with Gasteiger partial charge in [0.1, 0.15) is 11.8 Å². The van der Waals surface area contributed by atoms with Crippen LogP contribution in [0, 0.1) is 6.92 Å². The number of aryl methyl sites for hydroxylation is 1. The Kier molecular flexibility index (Phi) is 3.10. The summed E-state index contributed by atoms with van der Waals surface area (Å²) in [4.78, 5) is 4.11. The molecular formula is C10H15N5O2. The summed E-state index contributed by atoms with van der Waals surface area (Å²) in [6.07, 6.45) is 1.66. The van der Waals surface area contributed by atoms with Crippen LogP contribution in [-0.2, 0) is 0 Å². The summed E-state index contributed by atoms with van der Waals surface area (Å²) in [5.74, 6) is 1.72. The monoisotopic (exact) mass is 237 g/mol. The van der Waals surface area contributed by atoms with E-state index in [1.165, 1.54) is 0 Å². The third-order valence-electron chi connectivity index (χ3n) is 2.18. The van der Waals surface area contributed by atoms with Gasteiger partial charge in [0.15, 0.2) is 0 Å². The minimum atomic E-state index is -0.280. The van der Waals surface area contributed by atoms with Gasteiger partial charge in [-0.2, -0.15) is 0 Å². The topological polar surface area (TPSA) is 103 Å². The Balaban J connectivity index is 2.05. The fourth-order valence-electron chi connectivity index (χ4n) is 1.30. The fraction of sp³-hybridized carbons (Fsp3) is 0.500. The smallest absolute Gasteiger partial charge is 0.316 e. The molecule has 2 aromatic heterocycles. The highest BCUT2D eigenvalue weighted by Crippen LogP contribution is 2.19. The van der Waals surface area contributed by atoms with Crippen molar-refractivity contribution in [2.45, 2.75) is 32.9 Å². The average molecular weight is 237 g/mol. The van der Waals surface area contributed by atoms with Crippen molar-refractivity contribution < 1.29 is 8.83 Å². The van der Waals surface area contributed by atoms with Crippen LogP contribution in [0.5, 0.6) is 0 Å². The van der Waals surface area contributed by atoms with E-state index in [9.17, 15) is 0 Å². The van der Waals surface area contributed by atoms with Crippen molar-refractivity contribution in [2.75, 3.05) is 5.32 Å². The van der Waals surface area contributed by atoms with Gasteiger partial charge in [-0.3, -0.25) is 0 Å². The van der Waals surface area contributed by atoms with E-state index >= 15 is 0 Å². The number of oxazole rings is 1. The molecule has 0 saturated carbocycles. The molecule has 0 aromatic carbocycles. The molecule has 7 nitrogen and oxygen atoms in total. The van der Waals surface area contributed by atoms with Crippen molar-refractivity contribution in [2.24, 2.45) is 5.73 Å². The van der Waals surface area contributed by atoms with Gasteiger partial charge in [0.25, 0.3) is 0 Å². The second-order valence-electron chi connectivity index (χ2n) is 3.91. The molecule has 7 heteroatoms. The van der Waals surface area contributed by atoms with Crippen molar-refractivity contribution in [3.63, 3.8) is 0 Å². The summed E-state index contributed by atoms with van der Waals surface area (Å²) in [7, 11) is 0. The van der Waals surface area contributed by atoms with Crippen LogP contribution in [0.3, 0.4) is 0 Å². The number of hydrogen-bond acceptors (Lipinski definition) is 7. The molecule has 0 radical (unpaired) electrons. The van der Waals surface area contributed by atoms with E-state index in [0.29, 0.717) is 17.8 Å². The summed E-state index contributed by atoms with van der Waals surface area (Å²) in [5.41, 5.74) is 5.62. The maximum Gasteiger partial charge on any atom is 0.316 e. The number of nitrogens with one attached hydrogen (secondary N) is 1. The van der Waals surface area contributed by atoms with E-state index in [0.717, 1.165) is 5.76 Å². The Morgan fingerprint density at radius 1 is 1.24 bits per heavy atom. The molecule has 0 bridgehead atoms. The normalized spacial score (nSPS) is 14.6. The lowest BCUT2D eigenvalue weighted by atomic mass is 10.3. The highest BCUT2D eigenvalue weighted by Gasteiger charge is 2.15. The van der Waals surface area contributed by atoms with Gasteiger partial charge in [0.05, 0.1) is 12.2 Å². The molecule has 0 saturated heterocycles. The Bertz CT molecular complexity index is 490. The standard InChI is InChI=1S/C10H15N5O2/c1-5-4-12-9(16-5)7(3)13-10-15-14-8(17-10)6(2)11/h4,6-7H,11H2,1-3H3,(H,13,15). The van der Waals surface area contributed by atoms with Gasteiger partial charge >= 0.3 is 6.01 Å². The van der Waals surface area contributed by atoms with E-state index in [1.54, 1.807) is 13.1 Å². The van der Waals surface area contributed by atoms with E-state index < -0.39 is 0 Å². The summed E-state index contributed by atoms with van der Waals surface area (Å²) in [5, 5.41) is 10.6. The molecule has 0 aliphatic carbocycles. The molecule has 92 valence electrons. The third-order valence-corrected chi connectivity index (χ3v) is 2.18. The Morgan fingerprint density at radius 3 is 2.53 bits per heavy atom. The van der Waals surface area contributed by atoms with Crippen molar-refractivity contribution in [1.82, 2.24) is 15.2 Å². The van der Waals surface area contributed by atoms with Crippen LogP contribution in [0.25, 0.3) is 0 Å². The number of aromatic nitrogens is 3. The van der Waals surface area contributed by atoms with Crippen LogP contribution >= 0.6 is 0 Å². The van der Waals surface area contributed by atoms with Crippen molar-refractivity contribution in [1.29, 1.82) is 0 Å². The van der Waals surface area contributed by atoms with E-state index in [2.05, 4.69) is 20.5 Å². The lowest BCUT2D eigenvalue weighted by Gasteiger charge is -2.06. The lowest BCUT2D eigenvalue weighted by molar-refractivity contribution is 0.438. The van der Waals surface area contributed by atoms with Gasteiger partial charge in [0.2, 0.25) is 11.8 Å². The molecule has 2 rings (SSSR count). The molecule has 0 spiro atoms. The van der Waals surface area contributed by atoms with Gasteiger partial charge in [-0.25, -0.2) is 4.98 Å². The van der Waals surface area contributed by atoms with Gasteiger partial charge < -0.3 is 19.9 Å². The van der Waals surface area contributed by atoms with Gasteiger partial charge in [-0.1, -0.05) is 5.10 Å². The van der Waals surface area contributed by atoms with Crippen LogP contribution in [0.4, 0.5) is 6.01 Å². The number of nitrogens with two attached hydrogens (primary N) is 1. The predicted molar refractivity (Wildman–Crippen MR) is 60.2 cm³/mol. The minimum absolute atomic E-state index is 0.148. The first-order chi connectivity index (χ1) is 8.06. The highest BCUT2D eigenvalue weighted by atomic mass is 16.4. The van der Waals surface area contributed by atoms with Crippen LogP contribution in [-0.4, -0.2) is 15.2 Å². The van der Waals surface area contributed by atoms with Crippen molar-refractivity contribution >= 4 is 6.01 Å². The minimum Gasteiger partial charge on any atom is -0.444 e. The molecule has 0 aliphatic rings. The Labute approximate surface area is 98.4 Å². The van der Waals surface area contributed by atoms with Gasteiger partial charge in [0, 0.05) is 0 Å². The van der Waals surface area contributed by atoms with Crippen LogP contribution < -0.4 is 11.1 Å². The quantitative estimate of drug-likeness (QED) is 0.831. The first kappa shape index (κ1) is 11.6. The molecule has 0 aliphatic heterocycles. The van der Waals surface area contributed by atoms with E-state index in [-0.39, 0.29) is 12.1 Å². The first-order valence-corrected chi connectivity index (χ1v) is 5.34. The fourth-order valence-corrected chi connectivity index (χ4v) is 1.30. The van der Waals surface area contributed by atoms with Crippen LogP contribution in [0.2, 0.25) is 0 Å². The molecule has 2 heterocycles. The first-order valence-electron chi connectivity index (χ1n) is 5.34. The molecular weight excluding hydrogens is 222 g/mol. The second kappa shape index (κ2) is 4.54. The molecule has 0 fully saturated rings. The van der Waals surface area contributed by atoms with E-state index in [4.69, 9.17) is 14.6 Å². The number of rotatable bonds is 4. The number of nitrogens with zero attached hydrogens (tertiary/aromatic N) is 3. The zero-order valence-corrected chi connectivity index (χ0v) is 9.97. The van der Waals surface area contributed by atoms with Gasteiger partial charge in [-0.15, -0.1) is 5.10 Å². The SMILES string of the molecule is Cc1cnc(C(C)Nc2nnc(C(C)N)o2)o1. The molecule has 3 N–H and O–H groups in total. The Hall–Kier alpha value is -1.89. The second-order valence-corrected chi connectivity index (χ2v) is 3.91. The zero-order valence-electron chi connectivity index (χ0n) is 9.97. The molecule has 2 aromatic rings. The molecule has 2 unspecified atom stereocenters. The van der Waals surface area contributed by atoms with Crippen LogP contribution in [0.1, 0.15) is 43.5 Å². The number of anilines is 1. The predicted octanol–water partition coefficient (Wildman–Crippen LogP) is 1.56. The maximum atomic E-state index is 5.62. The van der Waals surface area contributed by atoms with E-state index in [1.807, 2.05) is 13.8 Å². The lowest BCUT2D eigenvalue weighted by Crippen LogP contribution is -2.07. The largest absolute Gasteiger partial charge is 0.444 e. The summed E-state index contributed by atoms with van der Waals surface area (Å²) in [6, 6.07) is -0.122. The molecule has 0 amide bonds. The Morgan fingerprint density at radius 2 is 2.00 bits per heavy atom. The van der Waals surface area contributed by atoms with Crippen molar-refractivity contribution in [3.05, 3.63) is 23.7 Å². The van der Waals surface area contributed by atoms with Crippen LogP contribution in [0.15, 0.2) is 15.0 Å². The maximum absolute atomic E-state index is 5.62. The van der Waals surface area contributed by atoms with Crippen molar-refractivity contribution in [3.8, 4) is 0 Å². The zero-order chi connectivity index (χ0) is 12.4. The summed E-state index contributed by atoms with van der Waals surface area (Å²) >= 11 is 0. The molecule has 2 atom stereocenters. The van der Waals surface area contributed by atoms with Gasteiger partial charge in [-0.05, 0) is 20.8 Å². The number of hydrogen-bond donors (Lipinski definition) is 2. The summed E-state index contributed by atoms with van der Waals surface area (Å²) in [6.45, 7) is 5.50. The third kappa shape index (κ3) is 2.62. The average Bonchev–Trinajstić information content (AvgIpc) is 2.86. The highest BCUT2D eigenvalue weighted by molar-refractivity contribution is 5.21.